The number of hydrogen-bond acceptors (Lipinski definition) is 4. The molecule has 224 valence electrons. The number of amides is 2. The van der Waals surface area contributed by atoms with Gasteiger partial charge in [0.05, 0.1) is 10.6 Å². The zero-order valence-corrected chi connectivity index (χ0v) is 25.9. The molecule has 0 unspecified atom stereocenters. The number of halogens is 1. The van der Waals surface area contributed by atoms with Crippen molar-refractivity contribution in [1.29, 1.82) is 0 Å². The van der Waals surface area contributed by atoms with Crippen LogP contribution >= 0.6 is 11.6 Å². The molecule has 4 aromatic carbocycles. The average molecular weight is 618 g/mol. The van der Waals surface area contributed by atoms with E-state index in [1.807, 2.05) is 74.5 Å². The maximum Gasteiger partial charge on any atom is 0.264 e. The maximum absolute atomic E-state index is 14.4. The molecule has 0 bridgehead atoms. The Balaban J connectivity index is 1.78. The van der Waals surface area contributed by atoms with Crippen molar-refractivity contribution in [3.8, 4) is 0 Å². The van der Waals surface area contributed by atoms with Crippen LogP contribution in [0.2, 0.25) is 5.02 Å². The summed E-state index contributed by atoms with van der Waals surface area (Å²) in [6.45, 7) is 3.86. The van der Waals surface area contributed by atoms with E-state index in [2.05, 4.69) is 5.32 Å². The molecule has 0 radical (unpaired) electrons. The molecule has 0 aliphatic heterocycles. The van der Waals surface area contributed by atoms with Crippen LogP contribution in [-0.4, -0.2) is 44.3 Å². The quantitative estimate of drug-likeness (QED) is 0.199. The Morgan fingerprint density at radius 2 is 1.47 bits per heavy atom. The number of carbonyl (C=O) groups is 2. The van der Waals surface area contributed by atoms with Crippen LogP contribution in [0.4, 0.5) is 5.69 Å². The number of rotatable bonds is 13. The predicted molar refractivity (Wildman–Crippen MR) is 171 cm³/mol. The normalized spacial score (nSPS) is 11.9. The first-order chi connectivity index (χ1) is 20.7. The third-order valence-corrected chi connectivity index (χ3v) is 9.02. The predicted octanol–water partition coefficient (Wildman–Crippen LogP) is 6.01. The van der Waals surface area contributed by atoms with Gasteiger partial charge in [0, 0.05) is 24.5 Å². The third-order valence-electron chi connectivity index (χ3n) is 7.00. The topological polar surface area (TPSA) is 86.8 Å². The van der Waals surface area contributed by atoms with Gasteiger partial charge in [0.25, 0.3) is 10.0 Å². The highest BCUT2D eigenvalue weighted by Gasteiger charge is 2.34. The summed E-state index contributed by atoms with van der Waals surface area (Å²) < 4.78 is 29.1. The minimum Gasteiger partial charge on any atom is -0.354 e. The molecule has 0 aromatic heterocycles. The van der Waals surface area contributed by atoms with Crippen molar-refractivity contribution in [2.24, 2.45) is 0 Å². The summed E-state index contributed by atoms with van der Waals surface area (Å²) in [5.74, 6) is -0.822. The maximum atomic E-state index is 14.4. The van der Waals surface area contributed by atoms with Gasteiger partial charge < -0.3 is 10.2 Å². The lowest BCUT2D eigenvalue weighted by Crippen LogP contribution is -2.53. The molecule has 0 saturated heterocycles. The van der Waals surface area contributed by atoms with Crippen LogP contribution in [-0.2, 0) is 32.6 Å². The molecule has 0 heterocycles. The summed E-state index contributed by atoms with van der Waals surface area (Å²) in [5, 5.41) is 3.28. The third kappa shape index (κ3) is 8.46. The zero-order chi connectivity index (χ0) is 30.8. The summed E-state index contributed by atoms with van der Waals surface area (Å²) in [5.41, 5.74) is 2.84. The SMILES string of the molecule is CCCNC(=O)[C@@H](Cc1ccccc1)N(Cc1ccccc1)C(=O)CN(c1cccc(Cl)c1)S(=O)(=O)c1ccc(C)cc1. The van der Waals surface area contributed by atoms with Crippen molar-refractivity contribution < 1.29 is 18.0 Å². The number of anilines is 1. The van der Waals surface area contributed by atoms with E-state index in [0.717, 1.165) is 27.4 Å². The smallest absolute Gasteiger partial charge is 0.264 e. The Bertz CT molecular complexity index is 1610. The van der Waals surface area contributed by atoms with Gasteiger partial charge in [-0.25, -0.2) is 8.42 Å². The molecule has 0 fully saturated rings. The summed E-state index contributed by atoms with van der Waals surface area (Å²) in [7, 11) is -4.18. The molecule has 0 aliphatic carbocycles. The van der Waals surface area contributed by atoms with Crippen molar-refractivity contribution in [3.05, 3.63) is 131 Å². The zero-order valence-electron chi connectivity index (χ0n) is 24.3. The second-order valence-corrected chi connectivity index (χ2v) is 12.6. The summed E-state index contributed by atoms with van der Waals surface area (Å²) in [4.78, 5) is 29.5. The lowest BCUT2D eigenvalue weighted by molar-refractivity contribution is -0.140. The first-order valence-electron chi connectivity index (χ1n) is 14.2. The van der Waals surface area contributed by atoms with E-state index in [1.165, 1.54) is 23.1 Å². The van der Waals surface area contributed by atoms with E-state index in [-0.39, 0.29) is 29.5 Å². The number of benzene rings is 4. The number of nitrogens with one attached hydrogen (secondary N) is 1. The molecule has 43 heavy (non-hydrogen) atoms. The highest BCUT2D eigenvalue weighted by Crippen LogP contribution is 2.27. The Labute approximate surface area is 259 Å². The van der Waals surface area contributed by atoms with Crippen molar-refractivity contribution in [2.75, 3.05) is 17.4 Å². The highest BCUT2D eigenvalue weighted by molar-refractivity contribution is 7.92. The van der Waals surface area contributed by atoms with Gasteiger partial charge in [-0.15, -0.1) is 0 Å². The monoisotopic (exact) mass is 617 g/mol. The van der Waals surface area contributed by atoms with E-state index in [9.17, 15) is 18.0 Å². The molecule has 0 spiro atoms. The van der Waals surface area contributed by atoms with E-state index >= 15 is 0 Å². The number of sulfonamides is 1. The van der Waals surface area contributed by atoms with E-state index < -0.39 is 28.5 Å². The van der Waals surface area contributed by atoms with Crippen LogP contribution in [0.1, 0.15) is 30.0 Å². The van der Waals surface area contributed by atoms with Crippen molar-refractivity contribution in [1.82, 2.24) is 10.2 Å². The standard InChI is InChI=1S/C34H36ClN3O4S/c1-3-21-36-34(40)32(22-27-11-6-4-7-12-27)37(24-28-13-8-5-9-14-28)33(39)25-38(30-16-10-15-29(35)23-30)43(41,42)31-19-17-26(2)18-20-31/h4-20,23,32H,3,21-22,24-25H2,1-2H3,(H,36,40)/t32-/m1/s1. The molecule has 1 N–H and O–H groups in total. The molecule has 7 nitrogen and oxygen atoms in total. The first kappa shape index (κ1) is 31.8. The van der Waals surface area contributed by atoms with Crippen LogP contribution in [0.5, 0.6) is 0 Å². The molecule has 0 aliphatic rings. The fraction of sp³-hybridized carbons (Fsp3) is 0.235. The highest BCUT2D eigenvalue weighted by atomic mass is 35.5. The van der Waals surface area contributed by atoms with Crippen molar-refractivity contribution in [2.45, 2.75) is 44.2 Å². The van der Waals surface area contributed by atoms with E-state index in [1.54, 1.807) is 30.3 Å². The lowest BCUT2D eigenvalue weighted by Gasteiger charge is -2.34. The molecular formula is C34H36ClN3O4S. The lowest BCUT2D eigenvalue weighted by atomic mass is 10.0. The van der Waals surface area contributed by atoms with E-state index in [4.69, 9.17) is 11.6 Å². The van der Waals surface area contributed by atoms with Crippen LogP contribution in [0.3, 0.4) is 0 Å². The minimum atomic E-state index is -4.18. The fourth-order valence-corrected chi connectivity index (χ4v) is 6.29. The molecule has 9 heteroatoms. The number of carbonyl (C=O) groups excluding carboxylic acids is 2. The second kappa shape index (κ2) is 14.8. The van der Waals surface area contributed by atoms with Gasteiger partial charge in [-0.1, -0.05) is 103 Å². The van der Waals surface area contributed by atoms with Gasteiger partial charge in [0.2, 0.25) is 11.8 Å². The second-order valence-electron chi connectivity index (χ2n) is 10.3. The molecule has 4 rings (SSSR count). The number of nitrogens with zero attached hydrogens (tertiary/aromatic N) is 2. The van der Waals surface area contributed by atoms with E-state index in [0.29, 0.717) is 11.6 Å². The van der Waals surface area contributed by atoms with Gasteiger partial charge in [-0.3, -0.25) is 13.9 Å². The van der Waals surface area contributed by atoms with Gasteiger partial charge in [-0.2, -0.15) is 0 Å². The van der Waals surface area contributed by atoms with Crippen LogP contribution in [0.25, 0.3) is 0 Å². The number of hydrogen-bond donors (Lipinski definition) is 1. The summed E-state index contributed by atoms with van der Waals surface area (Å²) in [6.07, 6.45) is 0.991. The molecule has 0 saturated carbocycles. The van der Waals surface area contributed by atoms with Gasteiger partial charge >= 0.3 is 0 Å². The average Bonchev–Trinajstić information content (AvgIpc) is 3.01. The molecular weight excluding hydrogens is 582 g/mol. The Morgan fingerprint density at radius 3 is 2.07 bits per heavy atom. The van der Waals surface area contributed by atoms with Crippen molar-refractivity contribution >= 4 is 39.1 Å². The minimum absolute atomic E-state index is 0.0435. The summed E-state index contributed by atoms with van der Waals surface area (Å²) >= 11 is 6.27. The Kier molecular flexibility index (Phi) is 11.0. The Hall–Kier alpha value is -4.14. The Morgan fingerprint density at radius 1 is 0.837 bits per heavy atom. The molecule has 2 amide bonds. The van der Waals surface area contributed by atoms with Gasteiger partial charge in [0.15, 0.2) is 0 Å². The van der Waals surface area contributed by atoms with Crippen LogP contribution in [0, 0.1) is 6.92 Å². The first-order valence-corrected chi connectivity index (χ1v) is 16.0. The van der Waals surface area contributed by atoms with Crippen LogP contribution < -0.4 is 9.62 Å². The van der Waals surface area contributed by atoms with Gasteiger partial charge in [0.1, 0.15) is 12.6 Å². The van der Waals surface area contributed by atoms with Gasteiger partial charge in [-0.05, 0) is 54.8 Å². The fourth-order valence-electron chi connectivity index (χ4n) is 4.70. The van der Waals surface area contributed by atoms with Crippen molar-refractivity contribution in [3.63, 3.8) is 0 Å². The summed E-state index contributed by atoms with van der Waals surface area (Å²) in [6, 6.07) is 30.8. The largest absolute Gasteiger partial charge is 0.354 e. The van der Waals surface area contributed by atoms with Crippen LogP contribution in [0.15, 0.2) is 114 Å². The molecule has 4 aromatic rings. The number of aryl methyl sites for hydroxylation is 1. The molecule has 1 atom stereocenters.